The summed E-state index contributed by atoms with van der Waals surface area (Å²) in [6.07, 6.45) is -4.62. The van der Waals surface area contributed by atoms with Crippen LogP contribution in [-0.2, 0) is 6.18 Å². The van der Waals surface area contributed by atoms with Gasteiger partial charge >= 0.3 is 6.18 Å². The summed E-state index contributed by atoms with van der Waals surface area (Å²) in [5, 5.41) is 16.5. The van der Waals surface area contributed by atoms with Gasteiger partial charge in [0.2, 0.25) is 5.82 Å². The molecule has 0 aliphatic heterocycles. The van der Waals surface area contributed by atoms with Crippen molar-refractivity contribution in [3.8, 4) is 17.3 Å². The summed E-state index contributed by atoms with van der Waals surface area (Å²) in [6, 6.07) is 9.62. The molecule has 0 saturated carbocycles. The predicted octanol–water partition coefficient (Wildman–Crippen LogP) is 3.89. The zero-order chi connectivity index (χ0) is 20.6. The van der Waals surface area contributed by atoms with Crippen LogP contribution in [0.4, 0.5) is 18.9 Å². The Morgan fingerprint density at radius 1 is 1.17 bits per heavy atom. The van der Waals surface area contributed by atoms with Gasteiger partial charge in [0.15, 0.2) is 5.76 Å². The molecular formula is C18H12F3N5O3. The van der Waals surface area contributed by atoms with Gasteiger partial charge in [-0.25, -0.2) is 0 Å². The molecule has 148 valence electrons. The number of nitrogens with zero attached hydrogens (tertiary/aromatic N) is 3. The van der Waals surface area contributed by atoms with Gasteiger partial charge in [-0.3, -0.25) is 4.79 Å². The molecule has 4 aromatic rings. The van der Waals surface area contributed by atoms with E-state index >= 15 is 0 Å². The maximum atomic E-state index is 13.1. The van der Waals surface area contributed by atoms with Crippen LogP contribution in [0.15, 0.2) is 46.9 Å². The van der Waals surface area contributed by atoms with Crippen molar-refractivity contribution in [3.05, 3.63) is 53.6 Å². The lowest BCUT2D eigenvalue weighted by Gasteiger charge is -2.14. The van der Waals surface area contributed by atoms with Crippen LogP contribution in [0, 0.1) is 0 Å². The first-order valence-electron chi connectivity index (χ1n) is 8.19. The Bertz CT molecular complexity index is 1190. The number of alkyl halides is 3. The maximum Gasteiger partial charge on any atom is 0.420 e. The first-order chi connectivity index (χ1) is 13.8. The van der Waals surface area contributed by atoms with E-state index < -0.39 is 17.6 Å². The van der Waals surface area contributed by atoms with Crippen LogP contribution in [0.2, 0.25) is 0 Å². The van der Waals surface area contributed by atoms with Crippen molar-refractivity contribution in [2.45, 2.75) is 6.18 Å². The van der Waals surface area contributed by atoms with Gasteiger partial charge in [0.25, 0.3) is 5.91 Å². The molecule has 0 fully saturated rings. The number of ether oxygens (including phenoxy) is 1. The van der Waals surface area contributed by atoms with Crippen LogP contribution in [-0.4, -0.2) is 33.6 Å². The third kappa shape index (κ3) is 3.61. The van der Waals surface area contributed by atoms with Gasteiger partial charge in [0.1, 0.15) is 11.3 Å². The molecule has 8 nitrogen and oxygen atoms in total. The molecular weight excluding hydrogens is 391 g/mol. The van der Waals surface area contributed by atoms with E-state index in [9.17, 15) is 18.0 Å². The number of hydrogen-bond acceptors (Lipinski definition) is 6. The fourth-order valence-corrected chi connectivity index (χ4v) is 2.76. The highest BCUT2D eigenvalue weighted by Gasteiger charge is 2.34. The average molecular weight is 403 g/mol. The zero-order valence-electron chi connectivity index (χ0n) is 14.7. The summed E-state index contributed by atoms with van der Waals surface area (Å²) in [5.74, 6) is -0.314. The number of carbonyl (C=O) groups excluding carboxylic acids is 1. The highest BCUT2D eigenvalue weighted by atomic mass is 19.4. The third-order valence-electron chi connectivity index (χ3n) is 4.11. The Balaban J connectivity index is 1.61. The van der Waals surface area contributed by atoms with E-state index in [1.165, 1.54) is 18.2 Å². The summed E-state index contributed by atoms with van der Waals surface area (Å²) in [6.45, 7) is 0. The Labute approximate surface area is 160 Å². The number of methoxy groups -OCH3 is 1. The standard InChI is InChI=1S/C18H12F3N5O3/c1-28-13-5-4-11(8-12(13)18(19,20)21)22-17(27)10-3-2-9-6-15(29-14(9)7-10)16-23-25-26-24-16/h2-8H,1H3,(H,22,27)(H,23,24,25,26). The van der Waals surface area contributed by atoms with E-state index in [-0.39, 0.29) is 22.8 Å². The Morgan fingerprint density at radius 3 is 2.69 bits per heavy atom. The monoisotopic (exact) mass is 403 g/mol. The van der Waals surface area contributed by atoms with Crippen molar-refractivity contribution >= 4 is 22.6 Å². The maximum absolute atomic E-state index is 13.1. The van der Waals surface area contributed by atoms with Crippen molar-refractivity contribution in [1.82, 2.24) is 20.6 Å². The number of tetrazole rings is 1. The predicted molar refractivity (Wildman–Crippen MR) is 95.3 cm³/mol. The summed E-state index contributed by atoms with van der Waals surface area (Å²) in [4.78, 5) is 12.5. The van der Waals surface area contributed by atoms with Gasteiger partial charge in [0.05, 0.1) is 12.7 Å². The summed E-state index contributed by atoms with van der Waals surface area (Å²) < 4.78 is 49.8. The molecule has 0 aliphatic carbocycles. The smallest absolute Gasteiger partial charge is 0.420 e. The summed E-state index contributed by atoms with van der Waals surface area (Å²) in [5.41, 5.74) is -0.404. The molecule has 0 bridgehead atoms. The van der Waals surface area contributed by atoms with Gasteiger partial charge in [-0.15, -0.1) is 10.2 Å². The van der Waals surface area contributed by atoms with Crippen molar-refractivity contribution in [2.24, 2.45) is 0 Å². The van der Waals surface area contributed by atoms with Gasteiger partial charge < -0.3 is 14.5 Å². The number of hydrogen-bond donors (Lipinski definition) is 2. The Morgan fingerprint density at radius 2 is 2.00 bits per heavy atom. The van der Waals surface area contributed by atoms with E-state index in [1.807, 2.05) is 0 Å². The van der Waals surface area contributed by atoms with Gasteiger partial charge in [-0.2, -0.15) is 18.4 Å². The number of nitrogens with one attached hydrogen (secondary N) is 2. The lowest BCUT2D eigenvalue weighted by atomic mass is 10.1. The molecule has 29 heavy (non-hydrogen) atoms. The Hall–Kier alpha value is -3.89. The molecule has 0 unspecified atom stereocenters. The molecule has 0 saturated heterocycles. The van der Waals surface area contributed by atoms with E-state index in [0.29, 0.717) is 16.7 Å². The molecule has 2 heterocycles. The molecule has 2 N–H and O–H groups in total. The highest BCUT2D eigenvalue weighted by molar-refractivity contribution is 6.06. The first kappa shape index (κ1) is 18.5. The SMILES string of the molecule is COc1ccc(NC(=O)c2ccc3cc(-c4nn[nH]n4)oc3c2)cc1C(F)(F)F. The van der Waals surface area contributed by atoms with E-state index in [0.717, 1.165) is 19.2 Å². The number of furan rings is 1. The lowest BCUT2D eigenvalue weighted by Crippen LogP contribution is -2.13. The van der Waals surface area contributed by atoms with E-state index in [2.05, 4.69) is 25.9 Å². The van der Waals surface area contributed by atoms with Crippen LogP contribution in [0.1, 0.15) is 15.9 Å². The number of fused-ring (bicyclic) bond motifs is 1. The molecule has 0 atom stereocenters. The quantitative estimate of drug-likeness (QED) is 0.536. The first-order valence-corrected chi connectivity index (χ1v) is 8.19. The number of anilines is 1. The summed E-state index contributed by atoms with van der Waals surface area (Å²) >= 11 is 0. The minimum atomic E-state index is -4.62. The minimum Gasteiger partial charge on any atom is -0.496 e. The second-order valence-electron chi connectivity index (χ2n) is 5.97. The zero-order valence-corrected chi connectivity index (χ0v) is 14.7. The van der Waals surface area contributed by atoms with Crippen LogP contribution >= 0.6 is 0 Å². The molecule has 1 amide bonds. The molecule has 0 radical (unpaired) electrons. The van der Waals surface area contributed by atoms with Gasteiger partial charge in [-0.1, -0.05) is 6.07 Å². The van der Waals surface area contributed by atoms with Crippen molar-refractivity contribution in [3.63, 3.8) is 0 Å². The fourth-order valence-electron chi connectivity index (χ4n) is 2.76. The summed E-state index contributed by atoms with van der Waals surface area (Å²) in [7, 11) is 1.14. The lowest BCUT2D eigenvalue weighted by molar-refractivity contribution is -0.138. The number of halogens is 3. The van der Waals surface area contributed by atoms with Crippen molar-refractivity contribution in [1.29, 1.82) is 0 Å². The molecule has 4 rings (SSSR count). The highest BCUT2D eigenvalue weighted by Crippen LogP contribution is 2.37. The molecule has 2 aromatic heterocycles. The number of carbonyl (C=O) groups is 1. The topological polar surface area (TPSA) is 106 Å². The number of aromatic amines is 1. The number of benzene rings is 2. The number of rotatable bonds is 4. The van der Waals surface area contributed by atoms with Gasteiger partial charge in [0, 0.05) is 16.6 Å². The van der Waals surface area contributed by atoms with Crippen LogP contribution < -0.4 is 10.1 Å². The third-order valence-corrected chi connectivity index (χ3v) is 4.11. The average Bonchev–Trinajstić information content (AvgIpc) is 3.36. The normalized spacial score (nSPS) is 11.6. The fraction of sp³-hybridized carbons (Fsp3) is 0.111. The number of amides is 1. The second kappa shape index (κ2) is 6.93. The Kier molecular flexibility index (Phi) is 4.41. The largest absolute Gasteiger partial charge is 0.496 e. The molecule has 0 aliphatic rings. The molecule has 2 aromatic carbocycles. The van der Waals surface area contributed by atoms with Crippen molar-refractivity contribution in [2.75, 3.05) is 12.4 Å². The molecule has 0 spiro atoms. The van der Waals surface area contributed by atoms with Crippen LogP contribution in [0.3, 0.4) is 0 Å². The number of aromatic nitrogens is 4. The van der Waals surface area contributed by atoms with Gasteiger partial charge in [-0.05, 0) is 41.6 Å². The van der Waals surface area contributed by atoms with Crippen LogP contribution in [0.25, 0.3) is 22.6 Å². The second-order valence-corrected chi connectivity index (χ2v) is 5.97. The minimum absolute atomic E-state index is 0.0184. The van der Waals surface area contributed by atoms with E-state index in [1.54, 1.807) is 12.1 Å². The van der Waals surface area contributed by atoms with Crippen LogP contribution in [0.5, 0.6) is 5.75 Å². The molecule has 11 heteroatoms. The van der Waals surface area contributed by atoms with E-state index in [4.69, 9.17) is 9.15 Å². The van der Waals surface area contributed by atoms with Crippen molar-refractivity contribution < 1.29 is 27.1 Å². The number of H-pyrrole nitrogens is 1.